The lowest BCUT2D eigenvalue weighted by Crippen LogP contribution is -2.32. The summed E-state index contributed by atoms with van der Waals surface area (Å²) in [6.45, 7) is 0.332. The van der Waals surface area contributed by atoms with Crippen molar-refractivity contribution in [1.82, 2.24) is 0 Å². The van der Waals surface area contributed by atoms with Gasteiger partial charge in [0.25, 0.3) is 0 Å². The molecule has 0 amide bonds. The number of hydrogen-bond donors (Lipinski definition) is 2. The Hall–Kier alpha value is -1.27. The maximum atomic E-state index is 13.5. The smallest absolute Gasteiger partial charge is 0.491 e. The Morgan fingerprint density at radius 1 is 1.05 bits per heavy atom. The molecule has 0 aromatic heterocycles. The van der Waals surface area contributed by atoms with Gasteiger partial charge >= 0.3 is 7.12 Å². The van der Waals surface area contributed by atoms with E-state index in [0.29, 0.717) is 28.8 Å². The molecule has 0 aliphatic carbocycles. The first-order valence-electron chi connectivity index (χ1n) is 6.19. The van der Waals surface area contributed by atoms with E-state index < -0.39 is 12.9 Å². The second-order valence-electron chi connectivity index (χ2n) is 4.40. The molecule has 21 heavy (non-hydrogen) atoms. The van der Waals surface area contributed by atoms with E-state index in [0.717, 1.165) is 11.6 Å². The topological polar surface area (TPSA) is 49.7 Å². The quantitative estimate of drug-likeness (QED) is 0.829. The fourth-order valence-corrected chi connectivity index (χ4v) is 2.11. The zero-order valence-electron chi connectivity index (χ0n) is 10.9. The average molecular weight is 329 g/mol. The molecule has 2 aromatic rings. The van der Waals surface area contributed by atoms with Gasteiger partial charge in [0.1, 0.15) is 11.6 Å². The van der Waals surface area contributed by atoms with Gasteiger partial charge in [0.15, 0.2) is 0 Å². The Bertz CT molecular complexity index is 638. The highest BCUT2D eigenvalue weighted by atomic mass is 35.5. The summed E-state index contributed by atoms with van der Waals surface area (Å²) in [6.07, 6.45) is 0.586. The standard InChI is InChI=1S/C14H12BCl2FO3/c16-12-4-1-9(7-13(12)17)5-6-21-10-2-3-11(15(19)20)14(18)8-10/h1-4,7-8,19-20H,5-6H2. The normalized spacial score (nSPS) is 10.5. The predicted molar refractivity (Wildman–Crippen MR) is 81.9 cm³/mol. The largest absolute Gasteiger partial charge is 0.493 e. The van der Waals surface area contributed by atoms with Crippen molar-refractivity contribution in [3.05, 3.63) is 57.8 Å². The van der Waals surface area contributed by atoms with Crippen LogP contribution in [0.1, 0.15) is 5.56 Å². The molecule has 0 aliphatic rings. The SMILES string of the molecule is OB(O)c1ccc(OCCc2ccc(Cl)c(Cl)c2)cc1F. The van der Waals surface area contributed by atoms with Gasteiger partial charge in [-0.1, -0.05) is 35.3 Å². The van der Waals surface area contributed by atoms with Crippen LogP contribution in [-0.2, 0) is 6.42 Å². The highest BCUT2D eigenvalue weighted by Gasteiger charge is 2.16. The van der Waals surface area contributed by atoms with E-state index in [-0.39, 0.29) is 5.46 Å². The van der Waals surface area contributed by atoms with Crippen molar-refractivity contribution in [3.8, 4) is 5.75 Å². The highest BCUT2D eigenvalue weighted by Crippen LogP contribution is 2.23. The third-order valence-electron chi connectivity index (χ3n) is 2.89. The third kappa shape index (κ3) is 4.35. The molecule has 0 saturated carbocycles. The minimum absolute atomic E-state index is 0.188. The predicted octanol–water partition coefficient (Wildman–Crippen LogP) is 2.43. The van der Waals surface area contributed by atoms with E-state index in [4.69, 9.17) is 38.0 Å². The summed E-state index contributed by atoms with van der Waals surface area (Å²) in [5, 5.41) is 18.8. The van der Waals surface area contributed by atoms with Crippen LogP contribution in [0, 0.1) is 5.82 Å². The van der Waals surface area contributed by atoms with Crippen molar-refractivity contribution >= 4 is 35.8 Å². The van der Waals surface area contributed by atoms with Gasteiger partial charge in [-0.05, 0) is 23.8 Å². The first-order chi connectivity index (χ1) is 9.97. The molecular weight excluding hydrogens is 317 g/mol. The molecule has 110 valence electrons. The molecule has 0 aliphatic heterocycles. The number of halogens is 3. The lowest BCUT2D eigenvalue weighted by Gasteiger charge is -2.09. The van der Waals surface area contributed by atoms with Crippen LogP contribution in [0.2, 0.25) is 10.0 Å². The Morgan fingerprint density at radius 2 is 1.81 bits per heavy atom. The highest BCUT2D eigenvalue weighted by molar-refractivity contribution is 6.58. The van der Waals surface area contributed by atoms with Gasteiger partial charge in [-0.3, -0.25) is 0 Å². The second kappa shape index (κ2) is 7.14. The monoisotopic (exact) mass is 328 g/mol. The maximum absolute atomic E-state index is 13.5. The summed E-state index contributed by atoms with van der Waals surface area (Å²) in [5.74, 6) is -0.408. The van der Waals surface area contributed by atoms with Crippen LogP contribution in [0.15, 0.2) is 36.4 Å². The number of benzene rings is 2. The van der Waals surface area contributed by atoms with Crippen LogP contribution >= 0.6 is 23.2 Å². The Morgan fingerprint density at radius 3 is 2.43 bits per heavy atom. The minimum Gasteiger partial charge on any atom is -0.493 e. The zero-order valence-corrected chi connectivity index (χ0v) is 12.4. The van der Waals surface area contributed by atoms with Crippen LogP contribution in [0.5, 0.6) is 5.75 Å². The van der Waals surface area contributed by atoms with E-state index in [9.17, 15) is 4.39 Å². The van der Waals surface area contributed by atoms with Crippen molar-refractivity contribution < 1.29 is 19.2 Å². The second-order valence-corrected chi connectivity index (χ2v) is 5.22. The number of hydrogen-bond acceptors (Lipinski definition) is 3. The van der Waals surface area contributed by atoms with E-state index in [1.165, 1.54) is 12.1 Å². The van der Waals surface area contributed by atoms with Crippen molar-refractivity contribution in [2.75, 3.05) is 6.61 Å². The molecule has 0 fully saturated rings. The molecule has 2 N–H and O–H groups in total. The van der Waals surface area contributed by atoms with Crippen LogP contribution < -0.4 is 10.2 Å². The summed E-state index contributed by atoms with van der Waals surface area (Å²) in [7, 11) is -1.84. The molecule has 0 heterocycles. The molecule has 2 rings (SSSR count). The fourth-order valence-electron chi connectivity index (χ4n) is 1.79. The van der Waals surface area contributed by atoms with Gasteiger partial charge in [0.05, 0.1) is 16.7 Å². The molecule has 7 heteroatoms. The van der Waals surface area contributed by atoms with Crippen LogP contribution in [0.3, 0.4) is 0 Å². The lowest BCUT2D eigenvalue weighted by molar-refractivity contribution is 0.320. The molecule has 0 saturated heterocycles. The third-order valence-corrected chi connectivity index (χ3v) is 3.63. The zero-order chi connectivity index (χ0) is 15.4. The molecule has 2 aromatic carbocycles. The van der Waals surface area contributed by atoms with E-state index in [2.05, 4.69) is 0 Å². The molecular formula is C14H12BCl2FO3. The Kier molecular flexibility index (Phi) is 5.48. The Labute approximate surface area is 132 Å². The van der Waals surface area contributed by atoms with Gasteiger partial charge in [-0.25, -0.2) is 4.39 Å². The summed E-state index contributed by atoms with van der Waals surface area (Å²) in [6, 6.07) is 9.16. The lowest BCUT2D eigenvalue weighted by atomic mass is 9.80. The first kappa shape index (κ1) is 16.1. The van der Waals surface area contributed by atoms with Crippen molar-refractivity contribution in [2.24, 2.45) is 0 Å². The summed E-state index contributed by atoms with van der Waals surface area (Å²) < 4.78 is 18.9. The van der Waals surface area contributed by atoms with E-state index >= 15 is 0 Å². The van der Waals surface area contributed by atoms with Gasteiger partial charge in [-0.2, -0.15) is 0 Å². The van der Waals surface area contributed by atoms with E-state index in [1.54, 1.807) is 12.1 Å². The molecule has 0 unspecified atom stereocenters. The van der Waals surface area contributed by atoms with Gasteiger partial charge in [0, 0.05) is 17.9 Å². The summed E-state index contributed by atoms with van der Waals surface area (Å²) >= 11 is 11.7. The first-order valence-corrected chi connectivity index (χ1v) is 6.95. The van der Waals surface area contributed by atoms with Crippen molar-refractivity contribution in [2.45, 2.75) is 6.42 Å². The fraction of sp³-hybridized carbons (Fsp3) is 0.143. The molecule has 3 nitrogen and oxygen atoms in total. The summed E-state index contributed by atoms with van der Waals surface area (Å²) in [5.41, 5.74) is 0.763. The van der Waals surface area contributed by atoms with Crippen LogP contribution in [-0.4, -0.2) is 23.8 Å². The van der Waals surface area contributed by atoms with E-state index in [1.807, 2.05) is 6.07 Å². The van der Waals surface area contributed by atoms with Gasteiger partial charge in [0.2, 0.25) is 0 Å². The Balaban J connectivity index is 1.94. The van der Waals surface area contributed by atoms with Gasteiger partial charge in [-0.15, -0.1) is 0 Å². The molecule has 0 radical (unpaired) electrons. The molecule has 0 bridgehead atoms. The van der Waals surface area contributed by atoms with Crippen molar-refractivity contribution in [1.29, 1.82) is 0 Å². The maximum Gasteiger partial charge on any atom is 0.491 e. The van der Waals surface area contributed by atoms with Crippen LogP contribution in [0.4, 0.5) is 4.39 Å². The van der Waals surface area contributed by atoms with Crippen molar-refractivity contribution in [3.63, 3.8) is 0 Å². The molecule has 0 atom stereocenters. The van der Waals surface area contributed by atoms with Gasteiger partial charge < -0.3 is 14.8 Å². The number of rotatable bonds is 5. The summed E-state index contributed by atoms with van der Waals surface area (Å²) in [4.78, 5) is 0. The van der Waals surface area contributed by atoms with Crippen LogP contribution in [0.25, 0.3) is 0 Å². The number of ether oxygens (including phenoxy) is 1. The minimum atomic E-state index is -1.84. The molecule has 0 spiro atoms. The average Bonchev–Trinajstić information content (AvgIpc) is 2.42.